The molecule has 1 atom stereocenters. The average Bonchev–Trinajstić information content (AvgIpc) is 2.40. The van der Waals surface area contributed by atoms with E-state index in [9.17, 15) is 4.79 Å². The van der Waals surface area contributed by atoms with E-state index in [0.717, 1.165) is 5.56 Å². The van der Waals surface area contributed by atoms with Crippen molar-refractivity contribution < 1.29 is 14.7 Å². The Morgan fingerprint density at radius 1 is 1.55 bits per heavy atom. The second-order valence-electron chi connectivity index (χ2n) is 4.83. The Morgan fingerprint density at radius 3 is 2.85 bits per heavy atom. The molecule has 0 saturated heterocycles. The third kappa shape index (κ3) is 4.55. The van der Waals surface area contributed by atoms with E-state index < -0.39 is 0 Å². The van der Waals surface area contributed by atoms with Gasteiger partial charge in [0.25, 0.3) is 0 Å². The van der Waals surface area contributed by atoms with Crippen LogP contribution in [-0.4, -0.2) is 30.7 Å². The van der Waals surface area contributed by atoms with Gasteiger partial charge in [-0.2, -0.15) is 0 Å². The number of hydrogen-bond acceptors (Lipinski definition) is 4. The highest BCUT2D eigenvalue weighted by Gasteiger charge is 2.11. The van der Waals surface area contributed by atoms with Gasteiger partial charge in [0.15, 0.2) is 5.84 Å². The van der Waals surface area contributed by atoms with E-state index in [2.05, 4.69) is 10.5 Å². The molecule has 20 heavy (non-hydrogen) atoms. The number of benzene rings is 1. The van der Waals surface area contributed by atoms with E-state index in [4.69, 9.17) is 15.7 Å². The van der Waals surface area contributed by atoms with E-state index in [1.165, 1.54) is 0 Å². The SMILES string of the molecule is COCC(C)CC(=O)Nc1cc(/C(N)=N/O)ccc1C. The number of amides is 1. The monoisotopic (exact) mass is 279 g/mol. The number of ether oxygens (including phenoxy) is 1. The van der Waals surface area contributed by atoms with Crippen LogP contribution in [0.25, 0.3) is 0 Å². The Kier molecular flexibility index (Phi) is 5.99. The molecule has 0 radical (unpaired) electrons. The van der Waals surface area contributed by atoms with Crippen LogP contribution >= 0.6 is 0 Å². The van der Waals surface area contributed by atoms with Gasteiger partial charge in [0.2, 0.25) is 5.91 Å². The molecule has 0 aliphatic carbocycles. The van der Waals surface area contributed by atoms with Crippen molar-refractivity contribution >= 4 is 17.4 Å². The van der Waals surface area contributed by atoms with Gasteiger partial charge in [0, 0.05) is 31.4 Å². The van der Waals surface area contributed by atoms with Crippen LogP contribution in [0.4, 0.5) is 5.69 Å². The number of nitrogens with zero attached hydrogens (tertiary/aromatic N) is 1. The lowest BCUT2D eigenvalue weighted by Gasteiger charge is -2.13. The molecule has 1 rings (SSSR count). The van der Waals surface area contributed by atoms with Crippen LogP contribution < -0.4 is 11.1 Å². The molecule has 0 aromatic heterocycles. The van der Waals surface area contributed by atoms with Crippen LogP contribution in [0.5, 0.6) is 0 Å². The van der Waals surface area contributed by atoms with Crippen molar-refractivity contribution in [2.75, 3.05) is 19.0 Å². The van der Waals surface area contributed by atoms with Crippen molar-refractivity contribution in [3.8, 4) is 0 Å². The molecule has 1 aromatic carbocycles. The van der Waals surface area contributed by atoms with Crippen LogP contribution in [0.1, 0.15) is 24.5 Å². The number of carbonyl (C=O) groups excluding carboxylic acids is 1. The van der Waals surface area contributed by atoms with Gasteiger partial charge in [0.05, 0.1) is 0 Å². The van der Waals surface area contributed by atoms with Gasteiger partial charge in [-0.15, -0.1) is 0 Å². The first-order chi connectivity index (χ1) is 9.47. The number of methoxy groups -OCH3 is 1. The molecule has 0 fully saturated rings. The molecule has 110 valence electrons. The average molecular weight is 279 g/mol. The minimum atomic E-state index is -0.0886. The van der Waals surface area contributed by atoms with Gasteiger partial charge >= 0.3 is 0 Å². The van der Waals surface area contributed by atoms with Gasteiger partial charge in [-0.05, 0) is 24.5 Å². The van der Waals surface area contributed by atoms with Gasteiger partial charge < -0.3 is 21.0 Å². The first-order valence-electron chi connectivity index (χ1n) is 6.35. The molecule has 1 unspecified atom stereocenters. The van der Waals surface area contributed by atoms with Gasteiger partial charge in [-0.3, -0.25) is 4.79 Å². The normalized spacial score (nSPS) is 13.1. The van der Waals surface area contributed by atoms with Crippen molar-refractivity contribution in [2.45, 2.75) is 20.3 Å². The first kappa shape index (κ1) is 16.0. The lowest BCUT2D eigenvalue weighted by Crippen LogP contribution is -2.19. The molecular weight excluding hydrogens is 258 g/mol. The number of oxime groups is 1. The molecule has 0 spiro atoms. The molecule has 0 aliphatic rings. The Hall–Kier alpha value is -2.08. The highest BCUT2D eigenvalue weighted by atomic mass is 16.5. The topological polar surface area (TPSA) is 96.9 Å². The van der Waals surface area contributed by atoms with E-state index >= 15 is 0 Å². The van der Waals surface area contributed by atoms with Crippen molar-refractivity contribution in [3.63, 3.8) is 0 Å². The second kappa shape index (κ2) is 7.49. The summed E-state index contributed by atoms with van der Waals surface area (Å²) in [6.07, 6.45) is 0.376. The minimum Gasteiger partial charge on any atom is -0.409 e. The summed E-state index contributed by atoms with van der Waals surface area (Å²) in [4.78, 5) is 11.9. The number of rotatable bonds is 6. The quantitative estimate of drug-likeness (QED) is 0.319. The van der Waals surface area contributed by atoms with Gasteiger partial charge in [-0.1, -0.05) is 24.2 Å². The Bertz CT molecular complexity index is 500. The van der Waals surface area contributed by atoms with Crippen molar-refractivity contribution in [3.05, 3.63) is 29.3 Å². The summed E-state index contributed by atoms with van der Waals surface area (Å²) in [6.45, 7) is 4.36. The molecule has 6 heteroatoms. The zero-order valence-electron chi connectivity index (χ0n) is 12.0. The van der Waals surface area contributed by atoms with Gasteiger partial charge in [-0.25, -0.2) is 0 Å². The molecular formula is C14H21N3O3. The standard InChI is InChI=1S/C14H21N3O3/c1-9(8-20-3)6-13(18)16-12-7-11(14(15)17-19)5-4-10(12)2/h4-5,7,9,19H,6,8H2,1-3H3,(H2,15,17)(H,16,18). The zero-order chi connectivity index (χ0) is 15.1. The summed E-state index contributed by atoms with van der Waals surface area (Å²) >= 11 is 0. The fourth-order valence-electron chi connectivity index (χ4n) is 1.83. The lowest BCUT2D eigenvalue weighted by atomic mass is 10.1. The van der Waals surface area contributed by atoms with Crippen molar-refractivity contribution in [2.24, 2.45) is 16.8 Å². The number of aryl methyl sites for hydroxylation is 1. The van der Waals surface area contributed by atoms with Crippen LogP contribution in [0, 0.1) is 12.8 Å². The fraction of sp³-hybridized carbons (Fsp3) is 0.429. The Balaban J connectivity index is 2.78. The highest BCUT2D eigenvalue weighted by molar-refractivity contribution is 5.99. The van der Waals surface area contributed by atoms with Crippen molar-refractivity contribution in [1.29, 1.82) is 0 Å². The first-order valence-corrected chi connectivity index (χ1v) is 6.35. The lowest BCUT2D eigenvalue weighted by molar-refractivity contribution is -0.117. The largest absolute Gasteiger partial charge is 0.409 e. The molecule has 0 saturated carbocycles. The van der Waals surface area contributed by atoms with Gasteiger partial charge in [0.1, 0.15) is 0 Å². The van der Waals surface area contributed by atoms with E-state index in [-0.39, 0.29) is 17.7 Å². The van der Waals surface area contributed by atoms with Crippen LogP contribution in [0.2, 0.25) is 0 Å². The van der Waals surface area contributed by atoms with Crippen molar-refractivity contribution in [1.82, 2.24) is 0 Å². The predicted molar refractivity (Wildman–Crippen MR) is 78.0 cm³/mol. The van der Waals surface area contributed by atoms with Crippen LogP contribution in [-0.2, 0) is 9.53 Å². The molecule has 0 heterocycles. The summed E-state index contributed by atoms with van der Waals surface area (Å²) in [5.41, 5.74) is 7.65. The van der Waals surface area contributed by atoms with E-state index in [1.54, 1.807) is 19.2 Å². The predicted octanol–water partition coefficient (Wildman–Crippen LogP) is 1.70. The number of nitrogens with one attached hydrogen (secondary N) is 1. The maximum absolute atomic E-state index is 11.9. The maximum atomic E-state index is 11.9. The van der Waals surface area contributed by atoms with Crippen LogP contribution in [0.15, 0.2) is 23.4 Å². The summed E-state index contributed by atoms with van der Waals surface area (Å²) in [5, 5.41) is 14.4. The van der Waals surface area contributed by atoms with Crippen LogP contribution in [0.3, 0.4) is 0 Å². The number of anilines is 1. The molecule has 0 bridgehead atoms. The Labute approximate surface area is 118 Å². The molecule has 6 nitrogen and oxygen atoms in total. The Morgan fingerprint density at radius 2 is 2.25 bits per heavy atom. The molecule has 0 aliphatic heterocycles. The fourth-order valence-corrected chi connectivity index (χ4v) is 1.83. The third-order valence-corrected chi connectivity index (χ3v) is 2.90. The summed E-state index contributed by atoms with van der Waals surface area (Å²) < 4.78 is 5.00. The highest BCUT2D eigenvalue weighted by Crippen LogP contribution is 2.18. The zero-order valence-corrected chi connectivity index (χ0v) is 12.0. The third-order valence-electron chi connectivity index (χ3n) is 2.90. The van der Waals surface area contributed by atoms with E-state index in [1.807, 2.05) is 19.9 Å². The second-order valence-corrected chi connectivity index (χ2v) is 4.83. The minimum absolute atomic E-state index is 0.00764. The summed E-state index contributed by atoms with van der Waals surface area (Å²) in [7, 11) is 1.61. The smallest absolute Gasteiger partial charge is 0.224 e. The number of amidine groups is 1. The summed E-state index contributed by atoms with van der Waals surface area (Å²) in [6, 6.07) is 5.22. The molecule has 1 amide bonds. The maximum Gasteiger partial charge on any atom is 0.224 e. The number of nitrogens with two attached hydrogens (primary N) is 1. The van der Waals surface area contributed by atoms with E-state index in [0.29, 0.717) is 24.3 Å². The number of hydrogen-bond donors (Lipinski definition) is 3. The molecule has 4 N–H and O–H groups in total. The summed E-state index contributed by atoms with van der Waals surface area (Å²) in [5.74, 6) is 0.0649. The molecule has 1 aromatic rings. The number of carbonyl (C=O) groups is 1.